The monoisotopic (exact) mass is 404 g/mol. The van der Waals surface area contributed by atoms with Gasteiger partial charge in [-0.3, -0.25) is 9.78 Å². The fraction of sp³-hybridized carbons (Fsp3) is 0.190. The molecule has 0 aliphatic rings. The molecule has 0 saturated carbocycles. The first-order valence-electron chi connectivity index (χ1n) is 9.19. The highest BCUT2D eigenvalue weighted by Crippen LogP contribution is 2.23. The normalized spacial score (nSPS) is 11.0. The van der Waals surface area contributed by atoms with E-state index in [0.717, 1.165) is 22.5 Å². The van der Waals surface area contributed by atoms with E-state index in [1.165, 1.54) is 11.8 Å². The summed E-state index contributed by atoms with van der Waals surface area (Å²) in [5, 5.41) is 8.11. The standard InChI is InChI=1S/C21H20N6OS/c1-14-10-15(2)27-20(24-14)25-21(26-27)29-13-17-7-3-4-8-18(17)19(28)23-12-16-6-5-9-22-11-16/h3-11H,12-13H2,1-2H3,(H,23,28). The number of rotatable bonds is 6. The molecule has 0 bridgehead atoms. The third-order valence-electron chi connectivity index (χ3n) is 4.39. The lowest BCUT2D eigenvalue weighted by atomic mass is 10.1. The molecule has 0 radical (unpaired) electrons. The second kappa shape index (κ2) is 8.40. The van der Waals surface area contributed by atoms with E-state index in [-0.39, 0.29) is 5.91 Å². The number of aromatic nitrogens is 5. The number of hydrogen-bond acceptors (Lipinski definition) is 6. The van der Waals surface area contributed by atoms with Gasteiger partial charge in [0.05, 0.1) is 0 Å². The van der Waals surface area contributed by atoms with Crippen LogP contribution < -0.4 is 5.32 Å². The maximum atomic E-state index is 12.7. The van der Waals surface area contributed by atoms with Gasteiger partial charge in [0.1, 0.15) is 0 Å². The number of pyridine rings is 1. The summed E-state index contributed by atoms with van der Waals surface area (Å²) in [7, 11) is 0. The summed E-state index contributed by atoms with van der Waals surface area (Å²) in [5.74, 6) is 1.07. The van der Waals surface area contributed by atoms with Crippen molar-refractivity contribution in [3.05, 3.63) is 82.9 Å². The van der Waals surface area contributed by atoms with E-state index in [1.54, 1.807) is 16.9 Å². The van der Waals surface area contributed by atoms with E-state index in [4.69, 9.17) is 0 Å². The van der Waals surface area contributed by atoms with Gasteiger partial charge in [0.15, 0.2) is 0 Å². The fourth-order valence-corrected chi connectivity index (χ4v) is 3.82. The number of nitrogens with zero attached hydrogens (tertiary/aromatic N) is 5. The first kappa shape index (κ1) is 19.1. The molecule has 0 saturated heterocycles. The summed E-state index contributed by atoms with van der Waals surface area (Å²) >= 11 is 1.49. The highest BCUT2D eigenvalue weighted by molar-refractivity contribution is 7.98. The Balaban J connectivity index is 1.47. The van der Waals surface area contributed by atoms with Crippen molar-refractivity contribution in [3.63, 3.8) is 0 Å². The minimum Gasteiger partial charge on any atom is -0.348 e. The second-order valence-corrected chi connectivity index (χ2v) is 7.58. The van der Waals surface area contributed by atoms with Gasteiger partial charge in [0.25, 0.3) is 11.7 Å². The summed E-state index contributed by atoms with van der Waals surface area (Å²) in [4.78, 5) is 25.7. The molecule has 4 aromatic rings. The lowest BCUT2D eigenvalue weighted by Gasteiger charge is -2.09. The van der Waals surface area contributed by atoms with Gasteiger partial charge in [-0.15, -0.1) is 5.10 Å². The smallest absolute Gasteiger partial charge is 0.253 e. The van der Waals surface area contributed by atoms with Gasteiger partial charge in [0, 0.05) is 41.6 Å². The fourth-order valence-electron chi connectivity index (χ4n) is 3.00. The Labute approximate surface area is 172 Å². The molecule has 0 atom stereocenters. The molecule has 3 aromatic heterocycles. The van der Waals surface area contributed by atoms with Crippen molar-refractivity contribution in [1.82, 2.24) is 29.9 Å². The zero-order chi connectivity index (χ0) is 20.2. The SMILES string of the molecule is Cc1cc(C)n2nc(SCc3ccccc3C(=O)NCc3cccnc3)nc2n1. The number of fused-ring (bicyclic) bond motifs is 1. The van der Waals surface area contributed by atoms with E-state index < -0.39 is 0 Å². The van der Waals surface area contributed by atoms with Gasteiger partial charge >= 0.3 is 0 Å². The van der Waals surface area contributed by atoms with Crippen LogP contribution in [0, 0.1) is 13.8 Å². The molecule has 1 amide bonds. The van der Waals surface area contributed by atoms with E-state index in [9.17, 15) is 4.79 Å². The highest BCUT2D eigenvalue weighted by Gasteiger charge is 2.13. The summed E-state index contributed by atoms with van der Waals surface area (Å²) < 4.78 is 1.74. The maximum Gasteiger partial charge on any atom is 0.253 e. The molecule has 4 rings (SSSR count). The van der Waals surface area contributed by atoms with Crippen LogP contribution in [0.4, 0.5) is 0 Å². The van der Waals surface area contributed by atoms with E-state index in [0.29, 0.717) is 28.8 Å². The lowest BCUT2D eigenvalue weighted by molar-refractivity contribution is 0.0950. The lowest BCUT2D eigenvalue weighted by Crippen LogP contribution is -2.23. The number of nitrogens with one attached hydrogen (secondary N) is 1. The number of thioether (sulfide) groups is 1. The highest BCUT2D eigenvalue weighted by atomic mass is 32.2. The Hall–Kier alpha value is -3.26. The van der Waals surface area contributed by atoms with Gasteiger partial charge in [0.2, 0.25) is 5.16 Å². The molecule has 0 spiro atoms. The Morgan fingerprint density at radius 2 is 2.00 bits per heavy atom. The van der Waals surface area contributed by atoms with Crippen LogP contribution in [0.5, 0.6) is 0 Å². The van der Waals surface area contributed by atoms with Gasteiger partial charge in [-0.1, -0.05) is 36.0 Å². The molecule has 0 unspecified atom stereocenters. The zero-order valence-electron chi connectivity index (χ0n) is 16.2. The Morgan fingerprint density at radius 3 is 2.83 bits per heavy atom. The first-order valence-corrected chi connectivity index (χ1v) is 10.2. The summed E-state index contributed by atoms with van der Waals surface area (Å²) in [6.45, 7) is 4.36. The zero-order valence-corrected chi connectivity index (χ0v) is 17.0. The average molecular weight is 404 g/mol. The predicted octanol–water partition coefficient (Wildman–Crippen LogP) is 3.36. The van der Waals surface area contributed by atoms with Crippen LogP contribution in [0.3, 0.4) is 0 Å². The van der Waals surface area contributed by atoms with Crippen molar-refractivity contribution in [3.8, 4) is 0 Å². The number of hydrogen-bond donors (Lipinski definition) is 1. The Kier molecular flexibility index (Phi) is 5.53. The Bertz CT molecular complexity index is 1160. The van der Waals surface area contributed by atoms with Crippen molar-refractivity contribution in [2.45, 2.75) is 31.3 Å². The van der Waals surface area contributed by atoms with Crippen molar-refractivity contribution >= 4 is 23.4 Å². The summed E-state index contributed by atoms with van der Waals surface area (Å²) in [6.07, 6.45) is 3.46. The number of carbonyl (C=O) groups is 1. The molecular formula is C21H20N6OS. The minimum atomic E-state index is -0.110. The van der Waals surface area contributed by atoms with Gasteiger partial charge in [-0.05, 0) is 43.2 Å². The minimum absolute atomic E-state index is 0.110. The molecule has 29 heavy (non-hydrogen) atoms. The predicted molar refractivity (Wildman–Crippen MR) is 112 cm³/mol. The maximum absolute atomic E-state index is 12.7. The second-order valence-electron chi connectivity index (χ2n) is 6.63. The quantitative estimate of drug-likeness (QED) is 0.496. The number of amides is 1. The molecule has 146 valence electrons. The molecule has 0 aliphatic carbocycles. The first-order chi connectivity index (χ1) is 14.1. The van der Waals surface area contributed by atoms with E-state index >= 15 is 0 Å². The van der Waals surface area contributed by atoms with E-state index in [2.05, 4.69) is 25.4 Å². The van der Waals surface area contributed by atoms with Gasteiger partial charge < -0.3 is 5.32 Å². The van der Waals surface area contributed by atoms with Crippen LogP contribution in [-0.4, -0.2) is 30.5 Å². The third kappa shape index (κ3) is 4.43. The third-order valence-corrected chi connectivity index (χ3v) is 5.28. The molecule has 1 N–H and O–H groups in total. The van der Waals surface area contributed by atoms with E-state index in [1.807, 2.05) is 56.3 Å². The molecule has 3 heterocycles. The van der Waals surface area contributed by atoms with Gasteiger partial charge in [-0.2, -0.15) is 4.98 Å². The number of carbonyl (C=O) groups excluding carboxylic acids is 1. The molecule has 1 aromatic carbocycles. The van der Waals surface area contributed by atoms with Crippen LogP contribution in [-0.2, 0) is 12.3 Å². The van der Waals surface area contributed by atoms with Crippen LogP contribution in [0.25, 0.3) is 5.78 Å². The van der Waals surface area contributed by atoms with Crippen molar-refractivity contribution < 1.29 is 4.79 Å². The largest absolute Gasteiger partial charge is 0.348 e. The average Bonchev–Trinajstić information content (AvgIpc) is 3.15. The molecule has 8 heteroatoms. The van der Waals surface area contributed by atoms with Crippen molar-refractivity contribution in [2.75, 3.05) is 0 Å². The summed E-state index contributed by atoms with van der Waals surface area (Å²) in [5.41, 5.74) is 4.44. The topological polar surface area (TPSA) is 85.1 Å². The van der Waals surface area contributed by atoms with Crippen molar-refractivity contribution in [1.29, 1.82) is 0 Å². The van der Waals surface area contributed by atoms with Crippen LogP contribution in [0.1, 0.15) is 32.9 Å². The molecular weight excluding hydrogens is 384 g/mol. The van der Waals surface area contributed by atoms with Crippen LogP contribution in [0.2, 0.25) is 0 Å². The molecule has 7 nitrogen and oxygen atoms in total. The van der Waals surface area contributed by atoms with Crippen LogP contribution >= 0.6 is 11.8 Å². The molecule has 0 fully saturated rings. The van der Waals surface area contributed by atoms with Crippen molar-refractivity contribution in [2.24, 2.45) is 0 Å². The van der Waals surface area contributed by atoms with Crippen LogP contribution in [0.15, 0.2) is 60.0 Å². The number of aryl methyl sites for hydroxylation is 2. The molecule has 0 aliphatic heterocycles. The number of benzene rings is 1. The van der Waals surface area contributed by atoms with Gasteiger partial charge in [-0.25, -0.2) is 9.50 Å². The summed E-state index contributed by atoms with van der Waals surface area (Å²) in [6, 6.07) is 13.3. The Morgan fingerprint density at radius 1 is 1.14 bits per heavy atom.